The first kappa shape index (κ1) is 22.4. The minimum Gasteiger partial charge on any atom is -0.462 e. The average molecular weight is 438 g/mol. The maximum absolute atomic E-state index is 13.4. The van der Waals surface area contributed by atoms with E-state index in [-0.39, 0.29) is 30.4 Å². The lowest BCUT2D eigenvalue weighted by atomic mass is 10.0. The van der Waals surface area contributed by atoms with E-state index < -0.39 is 10.0 Å². The van der Waals surface area contributed by atoms with Crippen LogP contribution in [0, 0.1) is 5.82 Å². The summed E-state index contributed by atoms with van der Waals surface area (Å²) in [6, 6.07) is 6.07. The summed E-state index contributed by atoms with van der Waals surface area (Å²) in [6.07, 6.45) is 3.70. The predicted octanol–water partition coefficient (Wildman–Crippen LogP) is 3.35. The van der Waals surface area contributed by atoms with Gasteiger partial charge in [0.05, 0.1) is 18.5 Å². The van der Waals surface area contributed by atoms with Crippen molar-refractivity contribution in [2.24, 2.45) is 0 Å². The zero-order valence-corrected chi connectivity index (χ0v) is 18.3. The number of ether oxygens (including phenoxy) is 1. The lowest BCUT2D eigenvalue weighted by Crippen LogP contribution is -2.25. The molecule has 1 aromatic heterocycles. The third-order valence-electron chi connectivity index (χ3n) is 5.11. The van der Waals surface area contributed by atoms with E-state index in [1.165, 1.54) is 12.1 Å². The van der Waals surface area contributed by atoms with E-state index in [9.17, 15) is 17.6 Å². The van der Waals surface area contributed by atoms with E-state index in [1.54, 1.807) is 12.1 Å². The summed E-state index contributed by atoms with van der Waals surface area (Å²) in [6.45, 7) is 4.68. The van der Waals surface area contributed by atoms with Gasteiger partial charge in [0, 0.05) is 30.6 Å². The molecule has 0 unspecified atom stereocenters. The fourth-order valence-electron chi connectivity index (χ4n) is 3.79. The Bertz CT molecular complexity index is 1000. The largest absolute Gasteiger partial charge is 0.462 e. The molecule has 0 aliphatic carbocycles. The summed E-state index contributed by atoms with van der Waals surface area (Å²) in [4.78, 5) is 16.3. The number of carbonyl (C=O) groups is 1. The van der Waals surface area contributed by atoms with Gasteiger partial charge in [-0.2, -0.15) is 0 Å². The normalized spacial score (nSPS) is 17.4. The van der Waals surface area contributed by atoms with Gasteiger partial charge < -0.3 is 9.30 Å². The van der Waals surface area contributed by atoms with Gasteiger partial charge in [-0.05, 0) is 43.0 Å². The molecular weight excluding hydrogens is 409 g/mol. The van der Waals surface area contributed by atoms with Gasteiger partial charge in [0.2, 0.25) is 10.0 Å². The first-order valence-corrected chi connectivity index (χ1v) is 12.0. The van der Waals surface area contributed by atoms with E-state index in [0.29, 0.717) is 30.9 Å². The summed E-state index contributed by atoms with van der Waals surface area (Å²) in [5, 5.41) is 0. The van der Waals surface area contributed by atoms with E-state index >= 15 is 0 Å². The molecule has 1 aliphatic rings. The number of hydrogen-bond donors (Lipinski definition) is 1. The van der Waals surface area contributed by atoms with Crippen LogP contribution in [0.2, 0.25) is 0 Å². The maximum Gasteiger partial charge on any atom is 0.306 e. The molecule has 1 aliphatic heterocycles. The van der Waals surface area contributed by atoms with Crippen LogP contribution in [-0.2, 0) is 32.6 Å². The highest BCUT2D eigenvalue weighted by atomic mass is 32.2. The molecule has 1 atom stereocenters. The highest BCUT2D eigenvalue weighted by Gasteiger charge is 2.24. The fraction of sp³-hybridized carbons (Fsp3) is 0.524. The van der Waals surface area contributed by atoms with Crippen LogP contribution in [0.1, 0.15) is 56.8 Å². The third kappa shape index (κ3) is 5.66. The Balaban J connectivity index is 1.97. The number of sulfonamides is 1. The molecule has 9 heteroatoms. The number of aromatic nitrogens is 2. The Labute approximate surface area is 176 Å². The second kappa shape index (κ2) is 9.26. The van der Waals surface area contributed by atoms with Gasteiger partial charge in [-0.15, -0.1) is 0 Å². The van der Waals surface area contributed by atoms with Crippen LogP contribution in [0.25, 0.3) is 11.4 Å². The average Bonchev–Trinajstić information content (AvgIpc) is 3.04. The van der Waals surface area contributed by atoms with Crippen molar-refractivity contribution in [1.82, 2.24) is 14.3 Å². The molecule has 1 N–H and O–H groups in total. The van der Waals surface area contributed by atoms with E-state index in [4.69, 9.17) is 9.72 Å². The summed E-state index contributed by atoms with van der Waals surface area (Å²) >= 11 is 0. The molecule has 7 nitrogen and oxygen atoms in total. The van der Waals surface area contributed by atoms with Crippen LogP contribution in [0.4, 0.5) is 4.39 Å². The van der Waals surface area contributed by atoms with Crippen LogP contribution in [0.3, 0.4) is 0 Å². The molecule has 2 heterocycles. The smallest absolute Gasteiger partial charge is 0.306 e. The summed E-state index contributed by atoms with van der Waals surface area (Å²) in [7, 11) is -3.38. The minimum absolute atomic E-state index is 0.0754. The minimum atomic E-state index is -3.38. The summed E-state index contributed by atoms with van der Waals surface area (Å²) in [5.74, 6) is 0.217. The van der Waals surface area contributed by atoms with Crippen molar-refractivity contribution in [3.05, 3.63) is 41.5 Å². The number of cyclic esters (lactones) is 1. The van der Waals surface area contributed by atoms with Crippen LogP contribution in [0.5, 0.6) is 0 Å². The molecule has 0 radical (unpaired) electrons. The number of esters is 1. The van der Waals surface area contributed by atoms with Gasteiger partial charge in [-0.3, -0.25) is 4.79 Å². The SMILES string of the molecule is CC(C)c1c(CNS(C)(=O)=O)nc(-c2ccc(F)cc2)n1CC[C@@H]1CCCC(=O)O1. The molecule has 164 valence electrons. The zero-order chi connectivity index (χ0) is 21.9. The Morgan fingerprint density at radius 3 is 2.60 bits per heavy atom. The van der Waals surface area contributed by atoms with Gasteiger partial charge in [-0.1, -0.05) is 13.8 Å². The third-order valence-corrected chi connectivity index (χ3v) is 5.78. The molecule has 2 aromatic rings. The van der Waals surface area contributed by atoms with Crippen molar-refractivity contribution >= 4 is 16.0 Å². The summed E-state index contributed by atoms with van der Waals surface area (Å²) < 4.78 is 46.7. The summed E-state index contributed by atoms with van der Waals surface area (Å²) in [5.41, 5.74) is 2.28. The van der Waals surface area contributed by atoms with Crippen molar-refractivity contribution in [2.45, 2.75) is 64.6 Å². The highest BCUT2D eigenvalue weighted by molar-refractivity contribution is 7.88. The molecule has 0 saturated carbocycles. The van der Waals surface area contributed by atoms with Crippen LogP contribution < -0.4 is 4.72 Å². The number of imidazole rings is 1. The Morgan fingerprint density at radius 2 is 2.00 bits per heavy atom. The monoisotopic (exact) mass is 437 g/mol. The van der Waals surface area contributed by atoms with Gasteiger partial charge in [-0.25, -0.2) is 22.5 Å². The molecule has 30 heavy (non-hydrogen) atoms. The first-order chi connectivity index (χ1) is 14.1. The zero-order valence-electron chi connectivity index (χ0n) is 17.5. The Morgan fingerprint density at radius 1 is 1.30 bits per heavy atom. The van der Waals surface area contributed by atoms with Crippen molar-refractivity contribution in [3.8, 4) is 11.4 Å². The van der Waals surface area contributed by atoms with Crippen molar-refractivity contribution in [3.63, 3.8) is 0 Å². The number of nitrogens with zero attached hydrogens (tertiary/aromatic N) is 2. The number of nitrogens with one attached hydrogen (secondary N) is 1. The number of rotatable bonds is 8. The predicted molar refractivity (Wildman–Crippen MR) is 112 cm³/mol. The number of benzene rings is 1. The second-order valence-electron chi connectivity index (χ2n) is 7.97. The number of hydrogen-bond acceptors (Lipinski definition) is 5. The molecule has 1 fully saturated rings. The van der Waals surface area contributed by atoms with E-state index in [0.717, 1.165) is 30.4 Å². The van der Waals surface area contributed by atoms with Gasteiger partial charge in [0.15, 0.2) is 0 Å². The van der Waals surface area contributed by atoms with Crippen LogP contribution in [0.15, 0.2) is 24.3 Å². The molecule has 0 amide bonds. The lowest BCUT2D eigenvalue weighted by molar-refractivity contribution is -0.154. The van der Waals surface area contributed by atoms with E-state index in [2.05, 4.69) is 4.72 Å². The topological polar surface area (TPSA) is 90.3 Å². The molecule has 1 aromatic carbocycles. The van der Waals surface area contributed by atoms with Crippen molar-refractivity contribution in [1.29, 1.82) is 0 Å². The van der Waals surface area contributed by atoms with Crippen molar-refractivity contribution < 1.29 is 22.3 Å². The second-order valence-corrected chi connectivity index (χ2v) is 9.80. The molecule has 0 bridgehead atoms. The molecule has 3 rings (SSSR count). The highest BCUT2D eigenvalue weighted by Crippen LogP contribution is 2.29. The lowest BCUT2D eigenvalue weighted by Gasteiger charge is -2.23. The standard InChI is InChI=1S/C21H28FN3O4S/c1-14(2)20-18(13-23-30(3,27)28)24-21(15-7-9-16(22)10-8-15)25(20)12-11-17-5-4-6-19(26)29-17/h7-10,14,17,23H,4-6,11-13H2,1-3H3/t17-/m0/s1. The molecule has 1 saturated heterocycles. The fourth-order valence-corrected chi connectivity index (χ4v) is 4.19. The van der Waals surface area contributed by atoms with E-state index in [1.807, 2.05) is 18.4 Å². The Kier molecular flexibility index (Phi) is 6.92. The van der Waals surface area contributed by atoms with Crippen LogP contribution in [-0.4, -0.2) is 36.3 Å². The van der Waals surface area contributed by atoms with Gasteiger partial charge >= 0.3 is 5.97 Å². The Hall–Kier alpha value is -2.26. The number of halogens is 1. The van der Waals surface area contributed by atoms with Gasteiger partial charge in [0.1, 0.15) is 17.7 Å². The molecule has 0 spiro atoms. The molecular formula is C21H28FN3O4S. The van der Waals surface area contributed by atoms with Crippen LogP contribution >= 0.6 is 0 Å². The quantitative estimate of drug-likeness (QED) is 0.640. The maximum atomic E-state index is 13.4. The first-order valence-electron chi connectivity index (χ1n) is 10.1. The van der Waals surface area contributed by atoms with Crippen molar-refractivity contribution in [2.75, 3.05) is 6.26 Å². The van der Waals surface area contributed by atoms with Gasteiger partial charge in [0.25, 0.3) is 0 Å². The number of carbonyl (C=O) groups excluding carboxylic acids is 1.